The van der Waals surface area contributed by atoms with Gasteiger partial charge in [0.15, 0.2) is 11.6 Å². The Bertz CT molecular complexity index is 708. The van der Waals surface area contributed by atoms with Crippen molar-refractivity contribution in [3.05, 3.63) is 65.5 Å². The summed E-state index contributed by atoms with van der Waals surface area (Å²) in [7, 11) is 0. The number of nitriles is 1. The molecule has 5 heteroatoms. The van der Waals surface area contributed by atoms with E-state index in [1.165, 1.54) is 12.1 Å². The number of hydrogen-bond acceptors (Lipinski definition) is 3. The second-order valence-electron chi connectivity index (χ2n) is 5.05. The Hall–Kier alpha value is -2.87. The number of carbonyl (C=O) groups excluding carboxylic acids is 1. The van der Waals surface area contributed by atoms with Crippen LogP contribution in [0.1, 0.15) is 30.5 Å². The molecule has 1 N–H and O–H groups in total. The number of carbonyl (C=O) groups is 1. The van der Waals surface area contributed by atoms with Gasteiger partial charge in [0.05, 0.1) is 30.7 Å². The zero-order valence-corrected chi connectivity index (χ0v) is 12.8. The van der Waals surface area contributed by atoms with E-state index in [1.54, 1.807) is 36.4 Å². The van der Waals surface area contributed by atoms with Gasteiger partial charge in [-0.3, -0.25) is 4.79 Å². The minimum absolute atomic E-state index is 0.104. The van der Waals surface area contributed by atoms with Crippen LogP contribution in [-0.2, 0) is 4.79 Å². The molecule has 0 radical (unpaired) electrons. The summed E-state index contributed by atoms with van der Waals surface area (Å²) in [5, 5.41) is 11.6. The average molecular weight is 312 g/mol. The third-order valence-corrected chi connectivity index (χ3v) is 3.34. The van der Waals surface area contributed by atoms with Crippen LogP contribution in [0.3, 0.4) is 0 Å². The van der Waals surface area contributed by atoms with Crippen molar-refractivity contribution in [3.63, 3.8) is 0 Å². The summed E-state index contributed by atoms with van der Waals surface area (Å²) in [5.41, 5.74) is 1.48. The minimum atomic E-state index is -0.446. The van der Waals surface area contributed by atoms with E-state index in [0.29, 0.717) is 5.56 Å². The molecule has 0 aliphatic heterocycles. The Kier molecular flexibility index (Phi) is 5.70. The molecule has 2 rings (SSSR count). The number of rotatable bonds is 6. The second-order valence-corrected chi connectivity index (χ2v) is 5.05. The molecule has 0 saturated carbocycles. The molecule has 0 spiro atoms. The van der Waals surface area contributed by atoms with E-state index in [1.807, 2.05) is 13.0 Å². The number of para-hydroxylation sites is 1. The number of nitrogens with zero attached hydrogens (tertiary/aromatic N) is 1. The van der Waals surface area contributed by atoms with E-state index in [2.05, 4.69) is 5.32 Å². The summed E-state index contributed by atoms with van der Waals surface area (Å²) in [5.74, 6) is -0.488. The van der Waals surface area contributed by atoms with Gasteiger partial charge in [0, 0.05) is 0 Å². The predicted octanol–water partition coefficient (Wildman–Crippen LogP) is 3.34. The molecule has 0 saturated heterocycles. The highest BCUT2D eigenvalue weighted by Gasteiger charge is 2.10. The summed E-state index contributed by atoms with van der Waals surface area (Å²) in [6.07, 6.45) is 0.134. The molecule has 0 bridgehead atoms. The van der Waals surface area contributed by atoms with Gasteiger partial charge in [0.25, 0.3) is 0 Å². The highest BCUT2D eigenvalue weighted by molar-refractivity contribution is 5.76. The van der Waals surface area contributed by atoms with Crippen LogP contribution in [0.4, 0.5) is 4.39 Å². The van der Waals surface area contributed by atoms with E-state index < -0.39 is 5.82 Å². The summed E-state index contributed by atoms with van der Waals surface area (Å²) < 4.78 is 18.6. The van der Waals surface area contributed by atoms with Crippen LogP contribution in [0.2, 0.25) is 0 Å². The molecule has 2 aromatic rings. The summed E-state index contributed by atoms with van der Waals surface area (Å²) >= 11 is 0. The van der Waals surface area contributed by atoms with Gasteiger partial charge >= 0.3 is 0 Å². The first-order chi connectivity index (χ1) is 11.1. The fraction of sp³-hybridized carbons (Fsp3) is 0.222. The fourth-order valence-corrected chi connectivity index (χ4v) is 2.06. The van der Waals surface area contributed by atoms with E-state index in [-0.39, 0.29) is 30.7 Å². The fourth-order valence-electron chi connectivity index (χ4n) is 2.06. The maximum Gasteiger partial charge on any atom is 0.223 e. The molecule has 0 aromatic heterocycles. The smallest absolute Gasteiger partial charge is 0.223 e. The average Bonchev–Trinajstić information content (AvgIpc) is 2.56. The molecule has 1 unspecified atom stereocenters. The molecular formula is C18H17FN2O2. The van der Waals surface area contributed by atoms with Crippen LogP contribution in [0, 0.1) is 17.1 Å². The summed E-state index contributed by atoms with van der Waals surface area (Å²) in [4.78, 5) is 11.9. The Balaban J connectivity index is 1.80. The van der Waals surface area contributed by atoms with Gasteiger partial charge in [0.1, 0.15) is 0 Å². The van der Waals surface area contributed by atoms with Crippen molar-refractivity contribution in [1.82, 2.24) is 5.32 Å². The van der Waals surface area contributed by atoms with E-state index in [0.717, 1.165) is 5.56 Å². The van der Waals surface area contributed by atoms with Crippen LogP contribution < -0.4 is 10.1 Å². The predicted molar refractivity (Wildman–Crippen MR) is 84.2 cm³/mol. The maximum absolute atomic E-state index is 13.4. The van der Waals surface area contributed by atoms with Crippen molar-refractivity contribution in [1.29, 1.82) is 5.26 Å². The molecule has 4 nitrogen and oxygen atoms in total. The summed E-state index contributed by atoms with van der Waals surface area (Å²) in [6, 6.07) is 15.0. The molecule has 0 aliphatic carbocycles. The van der Waals surface area contributed by atoms with Crippen LogP contribution in [0.5, 0.6) is 5.75 Å². The first-order valence-corrected chi connectivity index (χ1v) is 7.27. The maximum atomic E-state index is 13.4. The highest BCUT2D eigenvalue weighted by atomic mass is 19.1. The van der Waals surface area contributed by atoms with Gasteiger partial charge in [-0.1, -0.05) is 24.3 Å². The van der Waals surface area contributed by atoms with Crippen molar-refractivity contribution in [2.45, 2.75) is 19.4 Å². The molecular weight excluding hydrogens is 295 g/mol. The molecule has 0 fully saturated rings. The first kappa shape index (κ1) is 16.5. The Morgan fingerprint density at radius 3 is 2.61 bits per heavy atom. The van der Waals surface area contributed by atoms with Gasteiger partial charge in [-0.2, -0.15) is 5.26 Å². The third-order valence-electron chi connectivity index (χ3n) is 3.34. The van der Waals surface area contributed by atoms with Gasteiger partial charge in [0.2, 0.25) is 5.91 Å². The van der Waals surface area contributed by atoms with Crippen molar-refractivity contribution < 1.29 is 13.9 Å². The lowest BCUT2D eigenvalue weighted by atomic mass is 10.1. The SMILES string of the molecule is CC(NC(=O)CCOc1ccccc1F)c1ccc(C#N)cc1. The third kappa shape index (κ3) is 4.82. The number of benzene rings is 2. The van der Waals surface area contributed by atoms with Gasteiger partial charge < -0.3 is 10.1 Å². The molecule has 1 atom stereocenters. The van der Waals surface area contributed by atoms with Crippen LogP contribution in [0.15, 0.2) is 48.5 Å². The molecule has 118 valence electrons. The van der Waals surface area contributed by atoms with E-state index in [9.17, 15) is 9.18 Å². The number of ether oxygens (including phenoxy) is 1. The van der Waals surface area contributed by atoms with Crippen LogP contribution >= 0.6 is 0 Å². The van der Waals surface area contributed by atoms with Crippen molar-refractivity contribution in [3.8, 4) is 11.8 Å². The van der Waals surface area contributed by atoms with Crippen LogP contribution in [0.25, 0.3) is 0 Å². The minimum Gasteiger partial charge on any atom is -0.490 e. The zero-order chi connectivity index (χ0) is 16.7. The van der Waals surface area contributed by atoms with Crippen molar-refractivity contribution in [2.24, 2.45) is 0 Å². The molecule has 0 heterocycles. The molecule has 23 heavy (non-hydrogen) atoms. The summed E-state index contributed by atoms with van der Waals surface area (Å²) in [6.45, 7) is 1.96. The van der Waals surface area contributed by atoms with E-state index in [4.69, 9.17) is 10.00 Å². The molecule has 2 aromatic carbocycles. The Labute approximate surface area is 134 Å². The Morgan fingerprint density at radius 2 is 1.96 bits per heavy atom. The number of hydrogen-bond donors (Lipinski definition) is 1. The quantitative estimate of drug-likeness (QED) is 0.890. The largest absolute Gasteiger partial charge is 0.490 e. The normalized spacial score (nSPS) is 11.3. The van der Waals surface area contributed by atoms with Gasteiger partial charge in [-0.15, -0.1) is 0 Å². The topological polar surface area (TPSA) is 62.1 Å². The monoisotopic (exact) mass is 312 g/mol. The second kappa shape index (κ2) is 7.95. The van der Waals surface area contributed by atoms with Gasteiger partial charge in [-0.05, 0) is 36.8 Å². The van der Waals surface area contributed by atoms with Crippen LogP contribution in [-0.4, -0.2) is 12.5 Å². The molecule has 0 aliphatic rings. The molecule has 1 amide bonds. The van der Waals surface area contributed by atoms with Gasteiger partial charge in [-0.25, -0.2) is 4.39 Å². The zero-order valence-electron chi connectivity index (χ0n) is 12.8. The van der Waals surface area contributed by atoms with Crippen molar-refractivity contribution in [2.75, 3.05) is 6.61 Å². The highest BCUT2D eigenvalue weighted by Crippen LogP contribution is 2.16. The lowest BCUT2D eigenvalue weighted by molar-refractivity contribution is -0.122. The lowest BCUT2D eigenvalue weighted by Gasteiger charge is -2.14. The standard InChI is InChI=1S/C18H17FN2O2/c1-13(15-8-6-14(12-20)7-9-15)21-18(22)10-11-23-17-5-3-2-4-16(17)19/h2-9,13H,10-11H2,1H3,(H,21,22). The lowest BCUT2D eigenvalue weighted by Crippen LogP contribution is -2.27. The number of nitrogens with one attached hydrogen (secondary N) is 1. The number of halogens is 1. The number of amides is 1. The van der Waals surface area contributed by atoms with Crippen molar-refractivity contribution >= 4 is 5.91 Å². The first-order valence-electron chi connectivity index (χ1n) is 7.27. The van der Waals surface area contributed by atoms with E-state index >= 15 is 0 Å². The Morgan fingerprint density at radius 1 is 1.26 bits per heavy atom.